The minimum atomic E-state index is -0.789. The number of anilines is 4. The maximum atomic E-state index is 13.9. The second kappa shape index (κ2) is 12.6. The molecule has 0 spiro atoms. The highest BCUT2D eigenvalue weighted by Crippen LogP contribution is 2.35. The normalized spacial score (nSPS) is 15.0. The molecule has 0 aliphatic carbocycles. The molecule has 0 radical (unpaired) electrons. The predicted molar refractivity (Wildman–Crippen MR) is 179 cm³/mol. The number of fused-ring (bicyclic) bond motifs is 1. The van der Waals surface area contributed by atoms with Crippen molar-refractivity contribution in [1.82, 2.24) is 15.2 Å². The molecule has 1 fully saturated rings. The molecular weight excluding hydrogens is 560 g/mol. The number of aromatic nitrogens is 1. The van der Waals surface area contributed by atoms with Gasteiger partial charge in [-0.05, 0) is 82.9 Å². The Kier molecular flexibility index (Phi) is 7.95. The van der Waals surface area contributed by atoms with Crippen LogP contribution in [0.4, 0.5) is 22.7 Å². The summed E-state index contributed by atoms with van der Waals surface area (Å²) in [5.41, 5.74) is 8.15. The zero-order valence-electron chi connectivity index (χ0n) is 24.8. The van der Waals surface area contributed by atoms with Gasteiger partial charge in [-0.25, -0.2) is 0 Å². The van der Waals surface area contributed by atoms with E-state index in [0.717, 1.165) is 59.8 Å². The van der Waals surface area contributed by atoms with Crippen LogP contribution in [0.15, 0.2) is 122 Å². The number of amides is 2. The summed E-state index contributed by atoms with van der Waals surface area (Å²) in [6.45, 7) is 4.34. The summed E-state index contributed by atoms with van der Waals surface area (Å²) in [7, 11) is 0. The molecule has 3 N–H and O–H groups in total. The number of rotatable bonds is 8. The van der Waals surface area contributed by atoms with E-state index in [4.69, 9.17) is 0 Å². The number of hydrogen-bond donors (Lipinski definition) is 3. The highest BCUT2D eigenvalue weighted by molar-refractivity contribution is 6.04. The lowest BCUT2D eigenvalue weighted by atomic mass is 10.00. The Balaban J connectivity index is 1.10. The third kappa shape index (κ3) is 6.14. The molecule has 0 saturated carbocycles. The SMILES string of the molecule is O=C(Nc1ccc(Nc2ccncc2)cc1)C(c1ccccc1)N1Cc2cc(-c3ccc(N4CCNCC4)cc3)ccc2C1=O. The molecular formula is C37H34N6O2. The highest BCUT2D eigenvalue weighted by atomic mass is 16.2. The van der Waals surface area contributed by atoms with E-state index in [-0.39, 0.29) is 11.8 Å². The fourth-order valence-corrected chi connectivity index (χ4v) is 6.08. The first-order valence-electron chi connectivity index (χ1n) is 15.3. The summed E-state index contributed by atoms with van der Waals surface area (Å²) in [5.74, 6) is -0.410. The van der Waals surface area contributed by atoms with Gasteiger partial charge in [-0.2, -0.15) is 0 Å². The zero-order valence-corrected chi connectivity index (χ0v) is 24.8. The van der Waals surface area contributed by atoms with Gasteiger partial charge in [0.25, 0.3) is 11.8 Å². The van der Waals surface area contributed by atoms with Gasteiger partial charge in [0, 0.05) is 73.4 Å². The summed E-state index contributed by atoms with van der Waals surface area (Å²) >= 11 is 0. The molecule has 4 aromatic carbocycles. The van der Waals surface area contributed by atoms with Gasteiger partial charge in [-0.15, -0.1) is 0 Å². The first kappa shape index (κ1) is 28.3. The number of nitrogens with zero attached hydrogens (tertiary/aromatic N) is 3. The minimum absolute atomic E-state index is 0.147. The van der Waals surface area contributed by atoms with Crippen LogP contribution in [0.5, 0.6) is 0 Å². The predicted octanol–water partition coefficient (Wildman–Crippen LogP) is 6.24. The number of carbonyl (C=O) groups is 2. The first-order valence-corrected chi connectivity index (χ1v) is 15.3. The Morgan fingerprint density at radius 1 is 0.756 bits per heavy atom. The molecule has 8 nitrogen and oxygen atoms in total. The quantitative estimate of drug-likeness (QED) is 0.197. The van der Waals surface area contributed by atoms with E-state index in [1.807, 2.05) is 78.9 Å². The molecule has 1 atom stereocenters. The molecule has 1 unspecified atom stereocenters. The van der Waals surface area contributed by atoms with Crippen molar-refractivity contribution < 1.29 is 9.59 Å². The van der Waals surface area contributed by atoms with Crippen molar-refractivity contribution in [2.45, 2.75) is 12.6 Å². The maximum absolute atomic E-state index is 13.9. The number of piperazine rings is 1. The second-order valence-electron chi connectivity index (χ2n) is 11.3. The van der Waals surface area contributed by atoms with E-state index in [2.05, 4.69) is 56.2 Å². The van der Waals surface area contributed by atoms with Crippen LogP contribution in [0, 0.1) is 0 Å². The molecule has 5 aromatic rings. The lowest BCUT2D eigenvalue weighted by molar-refractivity contribution is -0.120. The van der Waals surface area contributed by atoms with Crippen molar-refractivity contribution >= 4 is 34.6 Å². The largest absolute Gasteiger partial charge is 0.369 e. The molecule has 8 heteroatoms. The zero-order chi connectivity index (χ0) is 30.6. The summed E-state index contributed by atoms with van der Waals surface area (Å²) in [5, 5.41) is 9.76. The Labute approximate surface area is 262 Å². The summed E-state index contributed by atoms with van der Waals surface area (Å²) in [4.78, 5) is 35.8. The van der Waals surface area contributed by atoms with Crippen LogP contribution in [-0.2, 0) is 11.3 Å². The van der Waals surface area contributed by atoms with Gasteiger partial charge in [0.2, 0.25) is 0 Å². The lowest BCUT2D eigenvalue weighted by Gasteiger charge is -2.29. The number of pyridine rings is 1. The van der Waals surface area contributed by atoms with Crippen molar-refractivity contribution in [3.63, 3.8) is 0 Å². The standard InChI is InChI=1S/C37H34N6O2/c44-36(41-31-11-9-30(10-12-31)40-32-16-18-38-19-17-32)35(27-4-2-1-3-5-27)43-25-29-24-28(8-15-34(29)37(43)45)26-6-13-33(14-7-26)42-22-20-39-21-23-42/h1-19,24,35,39H,20-23,25H2,(H,38,40)(H,41,44). The molecule has 224 valence electrons. The van der Waals surface area contributed by atoms with Crippen LogP contribution < -0.4 is 20.9 Å². The average Bonchev–Trinajstić information content (AvgIpc) is 3.42. The van der Waals surface area contributed by atoms with E-state index in [9.17, 15) is 9.59 Å². The van der Waals surface area contributed by atoms with E-state index in [1.165, 1.54) is 5.69 Å². The summed E-state index contributed by atoms with van der Waals surface area (Å²) in [6.07, 6.45) is 3.45. The van der Waals surface area contributed by atoms with Crippen LogP contribution in [0.2, 0.25) is 0 Å². The van der Waals surface area contributed by atoms with Crippen LogP contribution in [0.25, 0.3) is 11.1 Å². The van der Waals surface area contributed by atoms with E-state index < -0.39 is 6.04 Å². The smallest absolute Gasteiger partial charge is 0.255 e. The second-order valence-corrected chi connectivity index (χ2v) is 11.3. The highest BCUT2D eigenvalue weighted by Gasteiger charge is 2.37. The van der Waals surface area contributed by atoms with Crippen molar-refractivity contribution in [2.75, 3.05) is 41.7 Å². The third-order valence-electron chi connectivity index (χ3n) is 8.42. The monoisotopic (exact) mass is 594 g/mol. The number of hydrogen-bond acceptors (Lipinski definition) is 6. The average molecular weight is 595 g/mol. The molecule has 1 aromatic heterocycles. The van der Waals surface area contributed by atoms with Crippen molar-refractivity contribution in [2.24, 2.45) is 0 Å². The Morgan fingerprint density at radius 2 is 1.42 bits per heavy atom. The number of nitrogens with one attached hydrogen (secondary N) is 3. The third-order valence-corrected chi connectivity index (χ3v) is 8.42. The molecule has 0 bridgehead atoms. The summed E-state index contributed by atoms with van der Waals surface area (Å²) in [6, 6.07) is 34.6. The van der Waals surface area contributed by atoms with E-state index in [0.29, 0.717) is 17.8 Å². The minimum Gasteiger partial charge on any atom is -0.369 e. The molecule has 2 amide bonds. The molecule has 2 aliphatic heterocycles. The number of benzene rings is 4. The maximum Gasteiger partial charge on any atom is 0.255 e. The topological polar surface area (TPSA) is 89.6 Å². The van der Waals surface area contributed by atoms with Gasteiger partial charge in [0.15, 0.2) is 0 Å². The van der Waals surface area contributed by atoms with Crippen LogP contribution in [0.3, 0.4) is 0 Å². The first-order chi connectivity index (χ1) is 22.1. The molecule has 7 rings (SSSR count). The van der Waals surface area contributed by atoms with Gasteiger partial charge >= 0.3 is 0 Å². The van der Waals surface area contributed by atoms with E-state index in [1.54, 1.807) is 17.3 Å². The summed E-state index contributed by atoms with van der Waals surface area (Å²) < 4.78 is 0. The molecule has 45 heavy (non-hydrogen) atoms. The van der Waals surface area contributed by atoms with Crippen molar-refractivity contribution in [3.8, 4) is 11.1 Å². The van der Waals surface area contributed by atoms with Crippen LogP contribution >= 0.6 is 0 Å². The van der Waals surface area contributed by atoms with Gasteiger partial charge in [0.05, 0.1) is 0 Å². The van der Waals surface area contributed by atoms with Crippen molar-refractivity contribution in [1.29, 1.82) is 0 Å². The Bertz CT molecular complexity index is 1790. The van der Waals surface area contributed by atoms with Crippen LogP contribution in [-0.4, -0.2) is 47.9 Å². The van der Waals surface area contributed by atoms with Crippen molar-refractivity contribution in [3.05, 3.63) is 138 Å². The molecule has 1 saturated heterocycles. The van der Waals surface area contributed by atoms with Gasteiger partial charge < -0.3 is 25.8 Å². The van der Waals surface area contributed by atoms with Gasteiger partial charge in [0.1, 0.15) is 6.04 Å². The Morgan fingerprint density at radius 3 is 2.16 bits per heavy atom. The number of carbonyl (C=O) groups excluding carboxylic acids is 2. The van der Waals surface area contributed by atoms with Crippen LogP contribution in [0.1, 0.15) is 27.5 Å². The van der Waals surface area contributed by atoms with Gasteiger partial charge in [-0.1, -0.05) is 48.5 Å². The Hall–Kier alpha value is -5.47. The fourth-order valence-electron chi connectivity index (χ4n) is 6.08. The van der Waals surface area contributed by atoms with Gasteiger partial charge in [-0.3, -0.25) is 14.6 Å². The fraction of sp³-hybridized carbons (Fsp3) is 0.162. The molecule has 2 aliphatic rings. The molecule has 3 heterocycles. The van der Waals surface area contributed by atoms with E-state index >= 15 is 0 Å². The lowest BCUT2D eigenvalue weighted by Crippen LogP contribution is -2.43.